The molecule has 7 aromatic carbocycles. The largest absolute Gasteiger partial charge is 0.292 e. The summed E-state index contributed by atoms with van der Waals surface area (Å²) in [5, 5.41) is 14.8. The Kier molecular flexibility index (Phi) is 5.84. The number of benzene rings is 7. The van der Waals surface area contributed by atoms with Gasteiger partial charge in [-0.15, -0.1) is 0 Å². The average molecular weight is 548 g/mol. The molecule has 8 aromatic rings. The van der Waals surface area contributed by atoms with E-state index in [9.17, 15) is 5.26 Å². The zero-order valence-electron chi connectivity index (χ0n) is 23.3. The van der Waals surface area contributed by atoms with Crippen molar-refractivity contribution in [3.05, 3.63) is 157 Å². The van der Waals surface area contributed by atoms with E-state index in [1.807, 2.05) is 24.3 Å². The van der Waals surface area contributed by atoms with Crippen LogP contribution in [0, 0.1) is 11.3 Å². The Bertz CT molecular complexity index is 2340. The molecule has 0 fully saturated rings. The molecule has 200 valence electrons. The number of para-hydroxylation sites is 3. The lowest BCUT2D eigenvalue weighted by atomic mass is 9.90. The van der Waals surface area contributed by atoms with Gasteiger partial charge in [0.25, 0.3) is 0 Å². The van der Waals surface area contributed by atoms with Crippen LogP contribution in [0.25, 0.3) is 71.9 Å². The fourth-order valence-corrected chi connectivity index (χ4v) is 6.18. The Balaban J connectivity index is 1.26. The quantitative estimate of drug-likeness (QED) is 0.206. The molecule has 43 heavy (non-hydrogen) atoms. The van der Waals surface area contributed by atoms with Crippen molar-refractivity contribution in [3.63, 3.8) is 0 Å². The molecule has 8 rings (SSSR count). The van der Waals surface area contributed by atoms with E-state index in [1.54, 1.807) is 0 Å². The van der Waals surface area contributed by atoms with Gasteiger partial charge < -0.3 is 0 Å². The maximum Gasteiger partial charge on any atom is 0.145 e. The number of hydrogen-bond donors (Lipinski definition) is 0. The molecule has 0 atom stereocenters. The molecule has 3 heteroatoms. The summed E-state index contributed by atoms with van der Waals surface area (Å²) in [5.41, 5.74) is 8.99. The zero-order valence-corrected chi connectivity index (χ0v) is 23.3. The summed E-state index contributed by atoms with van der Waals surface area (Å²) >= 11 is 0. The number of hydrogen-bond acceptors (Lipinski definition) is 2. The van der Waals surface area contributed by atoms with Gasteiger partial charge >= 0.3 is 0 Å². The third-order valence-corrected chi connectivity index (χ3v) is 8.19. The Morgan fingerprint density at radius 1 is 0.512 bits per heavy atom. The van der Waals surface area contributed by atoms with Gasteiger partial charge in [0.1, 0.15) is 5.82 Å². The fraction of sp³-hybridized carbons (Fsp3) is 0. The monoisotopic (exact) mass is 547 g/mol. The van der Waals surface area contributed by atoms with E-state index in [0.29, 0.717) is 5.56 Å². The second kappa shape index (κ2) is 10.1. The van der Waals surface area contributed by atoms with E-state index in [4.69, 9.17) is 4.98 Å². The lowest BCUT2D eigenvalue weighted by molar-refractivity contribution is 1.10. The third-order valence-electron chi connectivity index (χ3n) is 8.19. The standard InChI is InChI=1S/C40H25N3/c41-26-27-22-31(24-32(23-27)37-25-30-10-4-5-13-34(30)35-14-6-7-15-36(35)37)28-18-20-29(21-19-28)40-42-38-16-8-9-17-39(38)43(40)33-11-2-1-3-12-33/h1-25H. The first-order valence-corrected chi connectivity index (χ1v) is 14.4. The first-order chi connectivity index (χ1) is 21.3. The van der Waals surface area contributed by atoms with Crippen LogP contribution in [0.3, 0.4) is 0 Å². The zero-order chi connectivity index (χ0) is 28.8. The van der Waals surface area contributed by atoms with Crippen LogP contribution in [0.2, 0.25) is 0 Å². The van der Waals surface area contributed by atoms with Crippen LogP contribution >= 0.6 is 0 Å². The summed E-state index contributed by atoms with van der Waals surface area (Å²) in [7, 11) is 0. The van der Waals surface area contributed by atoms with Gasteiger partial charge in [0, 0.05) is 11.3 Å². The van der Waals surface area contributed by atoms with Crippen molar-refractivity contribution in [2.45, 2.75) is 0 Å². The maximum absolute atomic E-state index is 10.0. The second-order valence-electron chi connectivity index (χ2n) is 10.8. The number of fused-ring (bicyclic) bond motifs is 4. The number of rotatable bonds is 4. The van der Waals surface area contributed by atoms with Gasteiger partial charge in [0.2, 0.25) is 0 Å². The number of nitrogens with zero attached hydrogens (tertiary/aromatic N) is 3. The molecule has 0 aliphatic heterocycles. The van der Waals surface area contributed by atoms with Crippen LogP contribution in [0.1, 0.15) is 5.56 Å². The van der Waals surface area contributed by atoms with Gasteiger partial charge in [-0.05, 0) is 92.3 Å². The molecule has 0 saturated carbocycles. The highest BCUT2D eigenvalue weighted by molar-refractivity contribution is 6.13. The minimum absolute atomic E-state index is 0.639. The predicted octanol–water partition coefficient (Wildman–Crippen LogP) is 10.2. The van der Waals surface area contributed by atoms with Crippen LogP contribution in [0.15, 0.2) is 152 Å². The molecule has 0 radical (unpaired) electrons. The molecular weight excluding hydrogens is 522 g/mol. The highest BCUT2D eigenvalue weighted by Gasteiger charge is 2.15. The van der Waals surface area contributed by atoms with Gasteiger partial charge in [-0.25, -0.2) is 4.98 Å². The van der Waals surface area contributed by atoms with Crippen LogP contribution in [0.4, 0.5) is 0 Å². The predicted molar refractivity (Wildman–Crippen MR) is 177 cm³/mol. The molecule has 1 heterocycles. The second-order valence-corrected chi connectivity index (χ2v) is 10.8. The third kappa shape index (κ3) is 4.25. The first kappa shape index (κ1) is 24.8. The Hall–Kier alpha value is -5.98. The molecule has 0 aliphatic carbocycles. The molecule has 0 bridgehead atoms. The Morgan fingerprint density at radius 2 is 1.16 bits per heavy atom. The number of aromatic nitrogens is 2. The average Bonchev–Trinajstić information content (AvgIpc) is 3.48. The minimum Gasteiger partial charge on any atom is -0.292 e. The number of imidazole rings is 1. The summed E-state index contributed by atoms with van der Waals surface area (Å²) in [6, 6.07) is 54.9. The van der Waals surface area contributed by atoms with Crippen molar-refractivity contribution in [1.29, 1.82) is 5.26 Å². The molecule has 1 aromatic heterocycles. The van der Waals surface area contributed by atoms with E-state index < -0.39 is 0 Å². The van der Waals surface area contributed by atoms with Crippen LogP contribution in [-0.2, 0) is 0 Å². The highest BCUT2D eigenvalue weighted by Crippen LogP contribution is 2.37. The minimum atomic E-state index is 0.639. The molecule has 0 N–H and O–H groups in total. The number of nitriles is 1. The van der Waals surface area contributed by atoms with E-state index in [0.717, 1.165) is 50.4 Å². The molecule has 0 amide bonds. The molecule has 0 unspecified atom stereocenters. The highest BCUT2D eigenvalue weighted by atomic mass is 15.1. The van der Waals surface area contributed by atoms with E-state index in [-0.39, 0.29) is 0 Å². The van der Waals surface area contributed by atoms with Crippen molar-refractivity contribution in [1.82, 2.24) is 9.55 Å². The van der Waals surface area contributed by atoms with Crippen molar-refractivity contribution < 1.29 is 0 Å². The summed E-state index contributed by atoms with van der Waals surface area (Å²) in [4.78, 5) is 5.02. The van der Waals surface area contributed by atoms with Crippen molar-refractivity contribution >= 4 is 32.6 Å². The van der Waals surface area contributed by atoms with E-state index in [2.05, 4.69) is 138 Å². The van der Waals surface area contributed by atoms with Gasteiger partial charge in [-0.1, -0.05) is 103 Å². The molecule has 3 nitrogen and oxygen atoms in total. The normalized spacial score (nSPS) is 11.2. The van der Waals surface area contributed by atoms with Crippen molar-refractivity contribution in [2.24, 2.45) is 0 Å². The summed E-state index contributed by atoms with van der Waals surface area (Å²) in [6.45, 7) is 0. The topological polar surface area (TPSA) is 41.6 Å². The maximum atomic E-state index is 10.0. The molecule has 0 spiro atoms. The van der Waals surface area contributed by atoms with Gasteiger partial charge in [0.15, 0.2) is 0 Å². The van der Waals surface area contributed by atoms with Gasteiger partial charge in [-0.3, -0.25) is 4.57 Å². The molecular formula is C40H25N3. The SMILES string of the molecule is N#Cc1cc(-c2ccc(-c3nc4ccccc4n3-c3ccccc3)cc2)cc(-c2cc3ccccc3c3ccccc23)c1. The van der Waals surface area contributed by atoms with Crippen molar-refractivity contribution in [2.75, 3.05) is 0 Å². The lowest BCUT2D eigenvalue weighted by Crippen LogP contribution is -1.97. The molecule has 0 aliphatic rings. The summed E-state index contributed by atoms with van der Waals surface area (Å²) in [5.74, 6) is 0.896. The Morgan fingerprint density at radius 3 is 1.98 bits per heavy atom. The fourth-order valence-electron chi connectivity index (χ4n) is 6.18. The first-order valence-electron chi connectivity index (χ1n) is 14.4. The van der Waals surface area contributed by atoms with Crippen LogP contribution in [-0.4, -0.2) is 9.55 Å². The smallest absolute Gasteiger partial charge is 0.145 e. The molecule has 0 saturated heterocycles. The van der Waals surface area contributed by atoms with Gasteiger partial charge in [0.05, 0.1) is 22.7 Å². The van der Waals surface area contributed by atoms with Crippen molar-refractivity contribution in [3.8, 4) is 45.4 Å². The Labute approximate surface area is 249 Å². The lowest BCUT2D eigenvalue weighted by Gasteiger charge is -2.13. The van der Waals surface area contributed by atoms with Crippen LogP contribution < -0.4 is 0 Å². The van der Waals surface area contributed by atoms with Crippen LogP contribution in [0.5, 0.6) is 0 Å². The van der Waals surface area contributed by atoms with E-state index in [1.165, 1.54) is 21.5 Å². The van der Waals surface area contributed by atoms with E-state index >= 15 is 0 Å². The summed E-state index contributed by atoms with van der Waals surface area (Å²) < 4.78 is 2.21. The van der Waals surface area contributed by atoms with Gasteiger partial charge in [-0.2, -0.15) is 5.26 Å². The summed E-state index contributed by atoms with van der Waals surface area (Å²) in [6.07, 6.45) is 0.